The zero-order valence-corrected chi connectivity index (χ0v) is 11.1. The van der Waals surface area contributed by atoms with E-state index >= 15 is 0 Å². The molecule has 98 valence electrons. The summed E-state index contributed by atoms with van der Waals surface area (Å²) in [6.07, 6.45) is 2.35. The third kappa shape index (κ3) is 2.72. The number of hydrogen-bond acceptors (Lipinski definition) is 3. The number of methoxy groups -OCH3 is 1. The van der Waals surface area contributed by atoms with E-state index in [1.54, 1.807) is 0 Å². The molecule has 1 aliphatic rings. The fraction of sp³-hybridized carbons (Fsp3) is 0.533. The van der Waals surface area contributed by atoms with Gasteiger partial charge in [0.05, 0.1) is 12.7 Å². The molecule has 1 aromatic carbocycles. The summed E-state index contributed by atoms with van der Waals surface area (Å²) < 4.78 is 4.86. The highest BCUT2D eigenvalue weighted by Crippen LogP contribution is 2.32. The van der Waals surface area contributed by atoms with Crippen LogP contribution in [0.1, 0.15) is 41.6 Å². The highest BCUT2D eigenvalue weighted by atomic mass is 16.5. The van der Waals surface area contributed by atoms with E-state index < -0.39 is 0 Å². The van der Waals surface area contributed by atoms with E-state index in [1.807, 2.05) is 18.2 Å². The second kappa shape index (κ2) is 6.01. The summed E-state index contributed by atoms with van der Waals surface area (Å²) in [5.41, 5.74) is 1.84. The molecule has 2 rings (SSSR count). The molecule has 1 heterocycles. The molecule has 1 fully saturated rings. The first-order chi connectivity index (χ1) is 8.74. The summed E-state index contributed by atoms with van der Waals surface area (Å²) >= 11 is 0. The highest BCUT2D eigenvalue weighted by Gasteiger charge is 2.24. The van der Waals surface area contributed by atoms with Crippen LogP contribution in [0.5, 0.6) is 0 Å². The Morgan fingerprint density at radius 1 is 1.33 bits per heavy atom. The molecule has 1 atom stereocenters. The molecule has 0 amide bonds. The summed E-state index contributed by atoms with van der Waals surface area (Å²) in [6, 6.07) is 7.81. The van der Waals surface area contributed by atoms with E-state index in [-0.39, 0.29) is 5.97 Å². The van der Waals surface area contributed by atoms with Gasteiger partial charge in [-0.2, -0.15) is 0 Å². The molecule has 0 spiro atoms. The second-order valence-electron chi connectivity index (χ2n) is 4.95. The maximum Gasteiger partial charge on any atom is 0.338 e. The van der Waals surface area contributed by atoms with Gasteiger partial charge >= 0.3 is 5.97 Å². The van der Waals surface area contributed by atoms with E-state index in [4.69, 9.17) is 4.74 Å². The molecule has 0 aliphatic carbocycles. The average Bonchev–Trinajstić information content (AvgIpc) is 2.46. The summed E-state index contributed by atoms with van der Waals surface area (Å²) in [7, 11) is 1.44. The Labute approximate surface area is 109 Å². The van der Waals surface area contributed by atoms with Crippen molar-refractivity contribution in [3.05, 3.63) is 35.4 Å². The number of piperidine rings is 1. The van der Waals surface area contributed by atoms with Crippen molar-refractivity contribution in [1.82, 2.24) is 5.32 Å². The van der Waals surface area contributed by atoms with E-state index in [1.165, 1.54) is 20.0 Å². The second-order valence-corrected chi connectivity index (χ2v) is 4.95. The molecule has 0 bridgehead atoms. The third-order valence-electron chi connectivity index (χ3n) is 3.95. The predicted octanol–water partition coefficient (Wildman–Crippen LogP) is 2.58. The Kier molecular flexibility index (Phi) is 4.37. The lowest BCUT2D eigenvalue weighted by Crippen LogP contribution is -2.30. The first-order valence-corrected chi connectivity index (χ1v) is 6.62. The molecule has 1 N–H and O–H groups in total. The minimum absolute atomic E-state index is 0.230. The normalized spacial score (nSPS) is 18.3. The summed E-state index contributed by atoms with van der Waals surface area (Å²) in [4.78, 5) is 11.8. The summed E-state index contributed by atoms with van der Waals surface area (Å²) in [6.45, 7) is 4.38. The molecule has 0 aromatic heterocycles. The van der Waals surface area contributed by atoms with E-state index in [0.29, 0.717) is 17.4 Å². The number of ether oxygens (including phenoxy) is 1. The van der Waals surface area contributed by atoms with Gasteiger partial charge in [0.15, 0.2) is 0 Å². The van der Waals surface area contributed by atoms with Crippen LogP contribution in [0, 0.1) is 5.92 Å². The molecule has 0 radical (unpaired) electrons. The quantitative estimate of drug-likeness (QED) is 0.834. The molecule has 3 heteroatoms. The van der Waals surface area contributed by atoms with Crippen molar-refractivity contribution < 1.29 is 9.53 Å². The Hall–Kier alpha value is -1.35. The molecule has 0 saturated carbocycles. The lowest BCUT2D eigenvalue weighted by Gasteiger charge is -2.29. The van der Waals surface area contributed by atoms with Gasteiger partial charge in [-0.05, 0) is 49.4 Å². The molecular formula is C15H21NO2. The van der Waals surface area contributed by atoms with Crippen LogP contribution in [-0.2, 0) is 4.74 Å². The lowest BCUT2D eigenvalue weighted by molar-refractivity contribution is 0.0598. The fourth-order valence-electron chi connectivity index (χ4n) is 2.79. The molecule has 18 heavy (non-hydrogen) atoms. The van der Waals surface area contributed by atoms with Crippen LogP contribution in [-0.4, -0.2) is 26.2 Å². The number of carbonyl (C=O) groups excluding carboxylic acids is 1. The lowest BCUT2D eigenvalue weighted by atomic mass is 9.80. The summed E-state index contributed by atoms with van der Waals surface area (Å²) in [5, 5.41) is 3.38. The first-order valence-electron chi connectivity index (χ1n) is 6.62. The summed E-state index contributed by atoms with van der Waals surface area (Å²) in [5.74, 6) is 0.825. The zero-order chi connectivity index (χ0) is 13.0. The van der Waals surface area contributed by atoms with Crippen molar-refractivity contribution in [2.75, 3.05) is 20.2 Å². The van der Waals surface area contributed by atoms with Crippen LogP contribution < -0.4 is 5.32 Å². The van der Waals surface area contributed by atoms with Crippen molar-refractivity contribution in [3.63, 3.8) is 0 Å². The zero-order valence-electron chi connectivity index (χ0n) is 11.1. The van der Waals surface area contributed by atoms with Crippen molar-refractivity contribution in [2.24, 2.45) is 5.92 Å². The van der Waals surface area contributed by atoms with Gasteiger partial charge in [-0.15, -0.1) is 0 Å². The Morgan fingerprint density at radius 2 is 2.00 bits per heavy atom. The van der Waals surface area contributed by atoms with E-state index in [2.05, 4.69) is 18.3 Å². The number of hydrogen-bond donors (Lipinski definition) is 1. The van der Waals surface area contributed by atoms with Gasteiger partial charge in [0.25, 0.3) is 0 Å². The van der Waals surface area contributed by atoms with Crippen LogP contribution in [0.15, 0.2) is 24.3 Å². The fourth-order valence-corrected chi connectivity index (χ4v) is 2.79. The standard InChI is InChI=1S/C15H21NO2/c1-11(12-7-9-16-10-8-12)13-5-3-4-6-14(13)15(17)18-2/h3-6,11-12,16H,7-10H2,1-2H3. The predicted molar refractivity (Wildman–Crippen MR) is 71.8 cm³/mol. The molecule has 3 nitrogen and oxygen atoms in total. The van der Waals surface area contributed by atoms with Crippen LogP contribution in [0.25, 0.3) is 0 Å². The van der Waals surface area contributed by atoms with Crippen molar-refractivity contribution in [1.29, 1.82) is 0 Å². The van der Waals surface area contributed by atoms with Crippen molar-refractivity contribution >= 4 is 5.97 Å². The Balaban J connectivity index is 2.23. The van der Waals surface area contributed by atoms with Crippen molar-refractivity contribution in [2.45, 2.75) is 25.7 Å². The van der Waals surface area contributed by atoms with E-state index in [0.717, 1.165) is 18.7 Å². The highest BCUT2D eigenvalue weighted by molar-refractivity contribution is 5.91. The smallest absolute Gasteiger partial charge is 0.338 e. The Morgan fingerprint density at radius 3 is 2.67 bits per heavy atom. The van der Waals surface area contributed by atoms with Crippen LogP contribution in [0.4, 0.5) is 0 Å². The minimum Gasteiger partial charge on any atom is -0.465 e. The van der Waals surface area contributed by atoms with Crippen molar-refractivity contribution in [3.8, 4) is 0 Å². The molecule has 1 unspecified atom stereocenters. The number of carbonyl (C=O) groups is 1. The van der Waals surface area contributed by atoms with E-state index in [9.17, 15) is 4.79 Å². The van der Waals surface area contributed by atoms with Crippen LogP contribution in [0.3, 0.4) is 0 Å². The van der Waals surface area contributed by atoms with Gasteiger partial charge in [0.1, 0.15) is 0 Å². The van der Waals surface area contributed by atoms with Gasteiger partial charge in [-0.1, -0.05) is 25.1 Å². The first kappa shape index (κ1) is 13.1. The van der Waals surface area contributed by atoms with Gasteiger partial charge in [0, 0.05) is 0 Å². The van der Waals surface area contributed by atoms with Gasteiger partial charge in [0.2, 0.25) is 0 Å². The number of benzene rings is 1. The van der Waals surface area contributed by atoms with Gasteiger partial charge in [-0.25, -0.2) is 4.79 Å². The van der Waals surface area contributed by atoms with Crippen LogP contribution >= 0.6 is 0 Å². The number of esters is 1. The molecular weight excluding hydrogens is 226 g/mol. The third-order valence-corrected chi connectivity index (χ3v) is 3.95. The molecule has 1 aromatic rings. The Bertz CT molecular complexity index is 411. The SMILES string of the molecule is COC(=O)c1ccccc1C(C)C1CCNCC1. The largest absolute Gasteiger partial charge is 0.465 e. The average molecular weight is 247 g/mol. The maximum atomic E-state index is 11.8. The van der Waals surface area contributed by atoms with Crippen LogP contribution in [0.2, 0.25) is 0 Å². The monoisotopic (exact) mass is 247 g/mol. The number of rotatable bonds is 3. The molecule has 1 aliphatic heterocycles. The topological polar surface area (TPSA) is 38.3 Å². The van der Waals surface area contributed by atoms with Gasteiger partial charge in [-0.3, -0.25) is 0 Å². The van der Waals surface area contributed by atoms with Gasteiger partial charge < -0.3 is 10.1 Å². The molecule has 1 saturated heterocycles. The maximum absolute atomic E-state index is 11.8. The number of nitrogens with one attached hydrogen (secondary N) is 1. The minimum atomic E-state index is -0.230.